The highest BCUT2D eigenvalue weighted by Gasteiger charge is 2.39. The summed E-state index contributed by atoms with van der Waals surface area (Å²) in [5, 5.41) is 8.66. The number of aryl methyl sites for hydroxylation is 1. The molecule has 3 N–H and O–H groups in total. The van der Waals surface area contributed by atoms with Crippen LogP contribution in [0.4, 0.5) is 5.69 Å². The zero-order valence-electron chi connectivity index (χ0n) is 15.2. The SMILES string of the molecule is Cc1ccc(N2C(=O)C[C@@H](NCCc3ccc(S(N)(=O)=O)cc3)C2=O)cc1Cl. The highest BCUT2D eigenvalue weighted by molar-refractivity contribution is 7.89. The van der Waals surface area contributed by atoms with Crippen molar-refractivity contribution in [1.29, 1.82) is 0 Å². The third kappa shape index (κ3) is 4.41. The molecule has 0 saturated carbocycles. The fourth-order valence-corrected chi connectivity index (χ4v) is 3.71. The number of nitrogens with two attached hydrogens (primary N) is 1. The van der Waals surface area contributed by atoms with Crippen molar-refractivity contribution < 1.29 is 18.0 Å². The van der Waals surface area contributed by atoms with Crippen molar-refractivity contribution in [3.05, 3.63) is 58.6 Å². The van der Waals surface area contributed by atoms with E-state index in [1.54, 1.807) is 30.3 Å². The number of hydrogen-bond acceptors (Lipinski definition) is 5. The van der Waals surface area contributed by atoms with Crippen LogP contribution in [-0.2, 0) is 26.0 Å². The summed E-state index contributed by atoms with van der Waals surface area (Å²) in [6.07, 6.45) is 0.647. The van der Waals surface area contributed by atoms with Gasteiger partial charge < -0.3 is 5.32 Å². The lowest BCUT2D eigenvalue weighted by Gasteiger charge is -2.16. The van der Waals surface area contributed by atoms with Gasteiger partial charge in [0.2, 0.25) is 15.9 Å². The number of primary sulfonamides is 1. The van der Waals surface area contributed by atoms with E-state index in [2.05, 4.69) is 5.32 Å². The van der Waals surface area contributed by atoms with Crippen molar-refractivity contribution in [1.82, 2.24) is 5.32 Å². The average molecular weight is 422 g/mol. The fourth-order valence-electron chi connectivity index (χ4n) is 3.02. The van der Waals surface area contributed by atoms with Gasteiger partial charge in [-0.15, -0.1) is 0 Å². The number of sulfonamides is 1. The van der Waals surface area contributed by atoms with Gasteiger partial charge in [-0.2, -0.15) is 0 Å². The molecule has 1 saturated heterocycles. The Balaban J connectivity index is 1.60. The van der Waals surface area contributed by atoms with E-state index in [1.165, 1.54) is 12.1 Å². The molecule has 0 spiro atoms. The summed E-state index contributed by atoms with van der Waals surface area (Å²) in [5.41, 5.74) is 2.22. The summed E-state index contributed by atoms with van der Waals surface area (Å²) in [5.74, 6) is -0.589. The summed E-state index contributed by atoms with van der Waals surface area (Å²) < 4.78 is 22.5. The molecule has 1 aliphatic rings. The number of halogens is 1. The van der Waals surface area contributed by atoms with Crippen LogP contribution < -0.4 is 15.4 Å². The number of carbonyl (C=O) groups excluding carboxylic acids is 2. The van der Waals surface area contributed by atoms with Crippen molar-refractivity contribution in [2.45, 2.75) is 30.7 Å². The van der Waals surface area contributed by atoms with Gasteiger partial charge in [-0.05, 0) is 55.3 Å². The van der Waals surface area contributed by atoms with Crippen LogP contribution in [0.15, 0.2) is 47.4 Å². The maximum absolute atomic E-state index is 12.6. The third-order valence-electron chi connectivity index (χ3n) is 4.62. The summed E-state index contributed by atoms with van der Waals surface area (Å²) in [6, 6.07) is 10.7. The molecule has 3 rings (SSSR count). The highest BCUT2D eigenvalue weighted by atomic mass is 35.5. The fraction of sp³-hybridized carbons (Fsp3) is 0.263. The lowest BCUT2D eigenvalue weighted by molar-refractivity contribution is -0.121. The first-order valence-corrected chi connectivity index (χ1v) is 10.6. The molecule has 2 amide bonds. The zero-order valence-corrected chi connectivity index (χ0v) is 16.8. The van der Waals surface area contributed by atoms with E-state index < -0.39 is 16.1 Å². The second-order valence-corrected chi connectivity index (χ2v) is 8.62. The Morgan fingerprint density at radius 1 is 1.18 bits per heavy atom. The van der Waals surface area contributed by atoms with Crippen LogP contribution in [0.1, 0.15) is 17.5 Å². The van der Waals surface area contributed by atoms with Gasteiger partial charge in [0.05, 0.1) is 23.0 Å². The quantitative estimate of drug-likeness (QED) is 0.690. The zero-order chi connectivity index (χ0) is 20.5. The molecule has 2 aromatic carbocycles. The number of imide groups is 1. The summed E-state index contributed by atoms with van der Waals surface area (Å²) >= 11 is 6.10. The minimum atomic E-state index is -3.72. The largest absolute Gasteiger partial charge is 0.305 e. The van der Waals surface area contributed by atoms with Crippen molar-refractivity contribution in [3.8, 4) is 0 Å². The Hall–Kier alpha value is -2.26. The van der Waals surface area contributed by atoms with Gasteiger partial charge in [0.15, 0.2) is 0 Å². The number of amides is 2. The molecule has 0 radical (unpaired) electrons. The molecular weight excluding hydrogens is 402 g/mol. The molecule has 0 bridgehead atoms. The Kier molecular flexibility index (Phi) is 5.85. The van der Waals surface area contributed by atoms with E-state index in [0.29, 0.717) is 23.7 Å². The first kappa shape index (κ1) is 20.5. The van der Waals surface area contributed by atoms with Crippen molar-refractivity contribution in [2.24, 2.45) is 5.14 Å². The lowest BCUT2D eigenvalue weighted by Crippen LogP contribution is -2.39. The minimum absolute atomic E-state index is 0.0492. The molecule has 2 aromatic rings. The third-order valence-corrected chi connectivity index (χ3v) is 5.95. The van der Waals surface area contributed by atoms with E-state index in [4.69, 9.17) is 16.7 Å². The molecular formula is C19H20ClN3O4S. The molecule has 1 atom stereocenters. The summed E-state index contributed by atoms with van der Waals surface area (Å²) in [4.78, 5) is 26.1. The second kappa shape index (κ2) is 8.00. The van der Waals surface area contributed by atoms with Crippen LogP contribution in [0, 0.1) is 6.92 Å². The van der Waals surface area contributed by atoms with Gasteiger partial charge in [-0.3, -0.25) is 9.59 Å². The van der Waals surface area contributed by atoms with E-state index in [-0.39, 0.29) is 23.1 Å². The predicted octanol–water partition coefficient (Wildman–Crippen LogP) is 1.76. The van der Waals surface area contributed by atoms with Gasteiger partial charge in [0.1, 0.15) is 0 Å². The van der Waals surface area contributed by atoms with Crippen LogP contribution in [-0.4, -0.2) is 32.8 Å². The number of carbonyl (C=O) groups is 2. The smallest absolute Gasteiger partial charge is 0.251 e. The van der Waals surface area contributed by atoms with E-state index in [1.807, 2.05) is 6.92 Å². The number of rotatable bonds is 6. The Morgan fingerprint density at radius 2 is 1.86 bits per heavy atom. The highest BCUT2D eigenvalue weighted by Crippen LogP contribution is 2.27. The first-order valence-electron chi connectivity index (χ1n) is 8.65. The van der Waals surface area contributed by atoms with Crippen molar-refractivity contribution >= 4 is 39.1 Å². The number of hydrogen-bond donors (Lipinski definition) is 2. The molecule has 0 aromatic heterocycles. The normalized spacial score (nSPS) is 17.4. The predicted molar refractivity (Wildman–Crippen MR) is 107 cm³/mol. The van der Waals surface area contributed by atoms with Gasteiger partial charge in [-0.1, -0.05) is 29.8 Å². The minimum Gasteiger partial charge on any atom is -0.305 e. The molecule has 0 unspecified atom stereocenters. The second-order valence-electron chi connectivity index (χ2n) is 6.65. The Morgan fingerprint density at radius 3 is 2.46 bits per heavy atom. The molecule has 28 heavy (non-hydrogen) atoms. The molecule has 148 valence electrons. The molecule has 1 fully saturated rings. The van der Waals surface area contributed by atoms with Crippen LogP contribution in [0.5, 0.6) is 0 Å². The number of nitrogens with zero attached hydrogens (tertiary/aromatic N) is 1. The monoisotopic (exact) mass is 421 g/mol. The Bertz CT molecular complexity index is 1020. The molecule has 1 heterocycles. The van der Waals surface area contributed by atoms with E-state index >= 15 is 0 Å². The molecule has 1 aliphatic heterocycles. The molecule has 9 heteroatoms. The van der Waals surface area contributed by atoms with Gasteiger partial charge in [0.25, 0.3) is 5.91 Å². The topological polar surface area (TPSA) is 110 Å². The van der Waals surface area contributed by atoms with Crippen LogP contribution in [0.3, 0.4) is 0 Å². The average Bonchev–Trinajstić information content (AvgIpc) is 2.91. The first-order chi connectivity index (χ1) is 13.2. The summed E-state index contributed by atoms with van der Waals surface area (Å²) in [6.45, 7) is 2.31. The number of anilines is 1. The van der Waals surface area contributed by atoms with E-state index in [0.717, 1.165) is 16.0 Å². The maximum atomic E-state index is 12.6. The van der Waals surface area contributed by atoms with Crippen LogP contribution in [0.25, 0.3) is 0 Å². The lowest BCUT2D eigenvalue weighted by atomic mass is 10.1. The van der Waals surface area contributed by atoms with Gasteiger partial charge >= 0.3 is 0 Å². The maximum Gasteiger partial charge on any atom is 0.251 e. The van der Waals surface area contributed by atoms with Crippen molar-refractivity contribution in [3.63, 3.8) is 0 Å². The van der Waals surface area contributed by atoms with Crippen LogP contribution >= 0.6 is 11.6 Å². The van der Waals surface area contributed by atoms with Crippen molar-refractivity contribution in [2.75, 3.05) is 11.4 Å². The van der Waals surface area contributed by atoms with Crippen LogP contribution in [0.2, 0.25) is 5.02 Å². The number of benzene rings is 2. The summed E-state index contributed by atoms with van der Waals surface area (Å²) in [7, 11) is -3.72. The standard InChI is InChI=1S/C19H20ClN3O4S/c1-12-2-5-14(10-16(12)20)23-18(24)11-17(19(23)25)22-9-8-13-3-6-15(7-4-13)28(21,26)27/h2-7,10,17,22H,8-9,11H2,1H3,(H2,21,26,27)/t17-/m1/s1. The molecule has 7 nitrogen and oxygen atoms in total. The van der Waals surface area contributed by atoms with Gasteiger partial charge in [0, 0.05) is 5.02 Å². The Labute approximate surface area is 168 Å². The van der Waals surface area contributed by atoms with E-state index in [9.17, 15) is 18.0 Å². The number of nitrogens with one attached hydrogen (secondary N) is 1. The van der Waals surface area contributed by atoms with Gasteiger partial charge in [-0.25, -0.2) is 18.5 Å². The molecule has 0 aliphatic carbocycles.